The van der Waals surface area contributed by atoms with Crippen molar-refractivity contribution < 1.29 is 13.3 Å². The number of rotatable bonds is 4. The average Bonchev–Trinajstić information content (AvgIpc) is 2.86. The lowest BCUT2D eigenvalue weighted by molar-refractivity contribution is -0.384. The Morgan fingerprint density at radius 2 is 2.00 bits per heavy atom. The minimum atomic E-state index is -4.01. The van der Waals surface area contributed by atoms with E-state index in [-0.39, 0.29) is 15.6 Å². The highest BCUT2D eigenvalue weighted by atomic mass is 35.5. The standard InChI is InChI=1S/C12H12ClN3O4S/c13-10-7-9(16(17)18)3-4-11(10)21(19,20)15-12(8-14)5-1-2-6-12/h3-4,7,15H,1-2,5-6H2. The highest BCUT2D eigenvalue weighted by Gasteiger charge is 2.38. The van der Waals surface area contributed by atoms with Gasteiger partial charge in [0.05, 0.1) is 16.0 Å². The number of benzene rings is 1. The van der Waals surface area contributed by atoms with Crippen molar-refractivity contribution in [2.45, 2.75) is 36.1 Å². The fourth-order valence-corrected chi connectivity index (χ4v) is 4.27. The van der Waals surface area contributed by atoms with Crippen molar-refractivity contribution in [3.05, 3.63) is 33.3 Å². The SMILES string of the molecule is N#CC1(NS(=O)(=O)c2ccc([N+](=O)[O-])cc2Cl)CCCC1. The van der Waals surface area contributed by atoms with E-state index >= 15 is 0 Å². The molecule has 1 N–H and O–H groups in total. The molecule has 0 radical (unpaired) electrons. The van der Waals surface area contributed by atoms with Crippen LogP contribution in [0.2, 0.25) is 5.02 Å². The molecule has 9 heteroatoms. The summed E-state index contributed by atoms with van der Waals surface area (Å²) in [6.07, 6.45) is 2.41. The molecule has 0 atom stereocenters. The molecule has 0 saturated heterocycles. The molecule has 1 saturated carbocycles. The molecule has 21 heavy (non-hydrogen) atoms. The molecular weight excluding hydrogens is 318 g/mol. The Bertz CT molecular complexity index is 721. The normalized spacial score (nSPS) is 17.3. The van der Waals surface area contributed by atoms with Crippen molar-refractivity contribution in [3.8, 4) is 6.07 Å². The molecule has 1 aromatic carbocycles. The number of sulfonamides is 1. The molecule has 1 aromatic rings. The number of non-ortho nitro benzene ring substituents is 1. The van der Waals surface area contributed by atoms with Gasteiger partial charge in [-0.3, -0.25) is 10.1 Å². The third-order valence-corrected chi connectivity index (χ3v) is 5.44. The van der Waals surface area contributed by atoms with E-state index in [9.17, 15) is 23.8 Å². The Hall–Kier alpha value is -1.69. The van der Waals surface area contributed by atoms with Crippen molar-refractivity contribution >= 4 is 27.3 Å². The average molecular weight is 330 g/mol. The minimum absolute atomic E-state index is 0.247. The van der Waals surface area contributed by atoms with Crippen molar-refractivity contribution in [2.24, 2.45) is 0 Å². The highest BCUT2D eigenvalue weighted by Crippen LogP contribution is 2.32. The summed E-state index contributed by atoms with van der Waals surface area (Å²) in [7, 11) is -4.01. The molecule has 0 amide bonds. The van der Waals surface area contributed by atoms with Crippen LogP contribution < -0.4 is 4.72 Å². The summed E-state index contributed by atoms with van der Waals surface area (Å²) in [5.74, 6) is 0. The molecule has 1 fully saturated rings. The van der Waals surface area contributed by atoms with Crippen molar-refractivity contribution in [1.29, 1.82) is 5.26 Å². The third-order valence-electron chi connectivity index (χ3n) is 3.42. The van der Waals surface area contributed by atoms with Gasteiger partial charge in [0.1, 0.15) is 10.4 Å². The first-order valence-electron chi connectivity index (χ1n) is 6.19. The topological polar surface area (TPSA) is 113 Å². The number of hydrogen-bond acceptors (Lipinski definition) is 5. The second kappa shape index (κ2) is 5.60. The van der Waals surface area contributed by atoms with Crippen LogP contribution in [0.15, 0.2) is 23.1 Å². The minimum Gasteiger partial charge on any atom is -0.258 e. The van der Waals surface area contributed by atoms with Gasteiger partial charge in [0.2, 0.25) is 10.0 Å². The number of hydrogen-bond donors (Lipinski definition) is 1. The molecule has 0 aliphatic heterocycles. The fourth-order valence-electron chi connectivity index (χ4n) is 2.35. The maximum atomic E-state index is 12.3. The van der Waals surface area contributed by atoms with E-state index in [0.717, 1.165) is 31.0 Å². The zero-order chi connectivity index (χ0) is 15.7. The lowest BCUT2D eigenvalue weighted by Gasteiger charge is -2.22. The maximum Gasteiger partial charge on any atom is 0.271 e. The Morgan fingerprint density at radius 1 is 1.38 bits per heavy atom. The molecular formula is C12H12ClN3O4S. The summed E-state index contributed by atoms with van der Waals surface area (Å²) < 4.78 is 27.1. The van der Waals surface area contributed by atoms with Gasteiger partial charge in [0.15, 0.2) is 0 Å². The number of nitrogens with one attached hydrogen (secondary N) is 1. The van der Waals surface area contributed by atoms with Crippen LogP contribution >= 0.6 is 11.6 Å². The van der Waals surface area contributed by atoms with E-state index < -0.39 is 20.5 Å². The van der Waals surface area contributed by atoms with E-state index in [1.165, 1.54) is 0 Å². The molecule has 0 aromatic heterocycles. The van der Waals surface area contributed by atoms with Gasteiger partial charge >= 0.3 is 0 Å². The summed E-state index contributed by atoms with van der Waals surface area (Å²) in [4.78, 5) is 9.70. The first-order valence-corrected chi connectivity index (χ1v) is 8.05. The monoisotopic (exact) mass is 329 g/mol. The smallest absolute Gasteiger partial charge is 0.258 e. The van der Waals surface area contributed by atoms with Crippen molar-refractivity contribution in [3.63, 3.8) is 0 Å². The summed E-state index contributed by atoms with van der Waals surface area (Å²) in [6, 6.07) is 5.12. The van der Waals surface area contributed by atoms with Crippen LogP contribution in [0.4, 0.5) is 5.69 Å². The second-order valence-electron chi connectivity index (χ2n) is 4.88. The van der Waals surface area contributed by atoms with Gasteiger partial charge in [0.25, 0.3) is 5.69 Å². The third kappa shape index (κ3) is 3.15. The molecule has 7 nitrogen and oxygen atoms in total. The van der Waals surface area contributed by atoms with Crippen LogP contribution in [0.1, 0.15) is 25.7 Å². The maximum absolute atomic E-state index is 12.3. The summed E-state index contributed by atoms with van der Waals surface area (Å²) in [5, 5.41) is 19.6. The van der Waals surface area contributed by atoms with Gasteiger partial charge in [-0.1, -0.05) is 24.4 Å². The van der Waals surface area contributed by atoms with E-state index in [1.54, 1.807) is 0 Å². The van der Waals surface area contributed by atoms with Gasteiger partial charge in [-0.2, -0.15) is 9.98 Å². The summed E-state index contributed by atoms with van der Waals surface area (Å²) in [5.41, 5.74) is -1.42. The van der Waals surface area contributed by atoms with Gasteiger partial charge in [-0.15, -0.1) is 0 Å². The molecule has 112 valence electrons. The zero-order valence-corrected chi connectivity index (χ0v) is 12.4. The van der Waals surface area contributed by atoms with Gasteiger partial charge in [-0.05, 0) is 18.9 Å². The van der Waals surface area contributed by atoms with Crippen LogP contribution in [-0.4, -0.2) is 18.9 Å². The Balaban J connectivity index is 2.36. The number of halogens is 1. The van der Waals surface area contributed by atoms with Crippen LogP contribution in [0, 0.1) is 21.4 Å². The number of nitro benzene ring substituents is 1. The molecule has 0 spiro atoms. The molecule has 1 aliphatic carbocycles. The van der Waals surface area contributed by atoms with E-state index in [1.807, 2.05) is 6.07 Å². The predicted molar refractivity (Wildman–Crippen MR) is 75.2 cm³/mol. The van der Waals surface area contributed by atoms with Crippen LogP contribution in [0.25, 0.3) is 0 Å². The van der Waals surface area contributed by atoms with Crippen molar-refractivity contribution in [2.75, 3.05) is 0 Å². The number of nitrogens with zero attached hydrogens (tertiary/aromatic N) is 2. The first-order chi connectivity index (χ1) is 9.80. The molecule has 0 unspecified atom stereocenters. The molecule has 0 heterocycles. The Labute approximate surface area is 126 Å². The molecule has 2 rings (SSSR count). The van der Waals surface area contributed by atoms with Gasteiger partial charge < -0.3 is 0 Å². The zero-order valence-electron chi connectivity index (χ0n) is 10.9. The Morgan fingerprint density at radius 3 is 2.48 bits per heavy atom. The largest absolute Gasteiger partial charge is 0.271 e. The van der Waals surface area contributed by atoms with E-state index in [4.69, 9.17) is 11.6 Å². The molecule has 1 aliphatic rings. The van der Waals surface area contributed by atoms with Gasteiger partial charge in [-0.25, -0.2) is 8.42 Å². The lowest BCUT2D eigenvalue weighted by atomic mass is 10.0. The number of nitro groups is 1. The van der Waals surface area contributed by atoms with Crippen molar-refractivity contribution in [1.82, 2.24) is 4.72 Å². The molecule has 0 bridgehead atoms. The van der Waals surface area contributed by atoms with E-state index in [2.05, 4.69) is 4.72 Å². The summed E-state index contributed by atoms with van der Waals surface area (Å²) >= 11 is 5.83. The second-order valence-corrected chi connectivity index (χ2v) is 6.94. The quantitative estimate of drug-likeness (QED) is 0.672. The Kier molecular flexibility index (Phi) is 4.18. The van der Waals surface area contributed by atoms with E-state index in [0.29, 0.717) is 12.8 Å². The number of nitriles is 1. The van der Waals surface area contributed by atoms with Crippen LogP contribution in [-0.2, 0) is 10.0 Å². The van der Waals surface area contributed by atoms with Crippen LogP contribution in [0.5, 0.6) is 0 Å². The predicted octanol–water partition coefficient (Wildman–Crippen LogP) is 2.36. The summed E-state index contributed by atoms with van der Waals surface area (Å²) in [6.45, 7) is 0. The highest BCUT2D eigenvalue weighted by molar-refractivity contribution is 7.89. The lowest BCUT2D eigenvalue weighted by Crippen LogP contribution is -2.45. The first kappa shape index (κ1) is 15.7. The fraction of sp³-hybridized carbons (Fsp3) is 0.417. The van der Waals surface area contributed by atoms with Crippen LogP contribution in [0.3, 0.4) is 0 Å². The van der Waals surface area contributed by atoms with Gasteiger partial charge in [0, 0.05) is 12.1 Å².